The average Bonchev–Trinajstić information content (AvgIpc) is 2.76. The molecule has 0 aliphatic carbocycles. The molecule has 31 heavy (non-hydrogen) atoms. The predicted molar refractivity (Wildman–Crippen MR) is 113 cm³/mol. The first-order chi connectivity index (χ1) is 14.8. The van der Waals surface area contributed by atoms with E-state index >= 15 is 0 Å². The number of hydroxylamine groups is 2. The molecule has 8 heteroatoms. The summed E-state index contributed by atoms with van der Waals surface area (Å²) in [6, 6.07) is 15.9. The second-order valence-corrected chi connectivity index (χ2v) is 7.43. The molecule has 2 rings (SSSR count). The number of hydrogen-bond donors (Lipinski definition) is 2. The third-order valence-corrected chi connectivity index (χ3v) is 4.16. The van der Waals surface area contributed by atoms with Crippen LogP contribution in [0.4, 0.5) is 4.79 Å². The molecule has 2 amide bonds. The Morgan fingerprint density at radius 3 is 2.06 bits per heavy atom. The van der Waals surface area contributed by atoms with Crippen LogP contribution < -0.4 is 5.32 Å². The summed E-state index contributed by atoms with van der Waals surface area (Å²) in [6.45, 7) is 5.02. The number of urea groups is 1. The second-order valence-electron chi connectivity index (χ2n) is 7.43. The van der Waals surface area contributed by atoms with Crippen molar-refractivity contribution < 1.29 is 29.1 Å². The van der Waals surface area contributed by atoms with Gasteiger partial charge in [-0.25, -0.2) is 14.4 Å². The van der Waals surface area contributed by atoms with Gasteiger partial charge in [0.2, 0.25) is 0 Å². The zero-order chi connectivity index (χ0) is 22.8. The lowest BCUT2D eigenvalue weighted by molar-refractivity contribution is -0.187. The molecule has 0 saturated carbocycles. The van der Waals surface area contributed by atoms with Crippen molar-refractivity contribution in [3.63, 3.8) is 0 Å². The normalized spacial score (nSPS) is 12.5. The van der Waals surface area contributed by atoms with E-state index in [1.54, 1.807) is 30.3 Å². The molecule has 2 unspecified atom stereocenters. The van der Waals surface area contributed by atoms with Crippen LogP contribution in [0, 0.1) is 5.92 Å². The number of carbonyl (C=O) groups is 3. The first kappa shape index (κ1) is 23.9. The van der Waals surface area contributed by atoms with E-state index in [0.29, 0.717) is 5.56 Å². The number of esters is 1. The topological polar surface area (TPSA) is 105 Å². The highest BCUT2D eigenvalue weighted by molar-refractivity contribution is 5.85. The van der Waals surface area contributed by atoms with Gasteiger partial charge >= 0.3 is 18.0 Å². The van der Waals surface area contributed by atoms with Crippen LogP contribution in [0.15, 0.2) is 60.7 Å². The number of carbonyl (C=O) groups excluding carboxylic acids is 3. The minimum atomic E-state index is -1.40. The third-order valence-electron chi connectivity index (χ3n) is 4.16. The van der Waals surface area contributed by atoms with Crippen molar-refractivity contribution in [2.75, 3.05) is 6.54 Å². The molecule has 0 fully saturated rings. The predicted octanol–water partition coefficient (Wildman–Crippen LogP) is 2.98. The van der Waals surface area contributed by atoms with E-state index in [1.165, 1.54) is 6.92 Å². The fourth-order valence-corrected chi connectivity index (χ4v) is 2.61. The van der Waals surface area contributed by atoms with E-state index in [0.717, 1.165) is 10.6 Å². The molecule has 0 radical (unpaired) electrons. The van der Waals surface area contributed by atoms with Gasteiger partial charge in [-0.2, -0.15) is 5.06 Å². The van der Waals surface area contributed by atoms with Crippen molar-refractivity contribution in [3.05, 3.63) is 71.8 Å². The van der Waals surface area contributed by atoms with Crippen LogP contribution in [-0.2, 0) is 25.8 Å². The molecule has 0 aliphatic rings. The van der Waals surface area contributed by atoms with Crippen molar-refractivity contribution >= 4 is 18.0 Å². The third kappa shape index (κ3) is 7.75. The monoisotopic (exact) mass is 428 g/mol. The number of hydrogen-bond acceptors (Lipinski definition) is 6. The van der Waals surface area contributed by atoms with E-state index in [1.807, 2.05) is 44.2 Å². The Bertz CT molecular complexity index is 855. The Morgan fingerprint density at radius 2 is 1.52 bits per heavy atom. The Kier molecular flexibility index (Phi) is 9.02. The summed E-state index contributed by atoms with van der Waals surface area (Å²) in [5.74, 6) is -1.67. The number of aliphatic hydroxyl groups excluding tert-OH is 1. The largest absolute Gasteiger partial charge is 0.459 e. The van der Waals surface area contributed by atoms with E-state index in [4.69, 9.17) is 9.57 Å². The zero-order valence-corrected chi connectivity index (χ0v) is 17.9. The summed E-state index contributed by atoms with van der Waals surface area (Å²) in [5.41, 5.74) is 1.32. The molecule has 2 N–H and O–H groups in total. The van der Waals surface area contributed by atoms with Crippen molar-refractivity contribution in [1.82, 2.24) is 10.4 Å². The minimum Gasteiger partial charge on any atom is -0.459 e. The lowest BCUT2D eigenvalue weighted by Gasteiger charge is -2.26. The van der Waals surface area contributed by atoms with Crippen molar-refractivity contribution in [2.45, 2.75) is 39.5 Å². The molecule has 2 aromatic carbocycles. The second kappa shape index (κ2) is 11.7. The van der Waals surface area contributed by atoms with Crippen LogP contribution in [0.5, 0.6) is 0 Å². The van der Waals surface area contributed by atoms with Crippen LogP contribution in [0.2, 0.25) is 0 Å². The van der Waals surface area contributed by atoms with Crippen LogP contribution >= 0.6 is 0 Å². The van der Waals surface area contributed by atoms with Crippen molar-refractivity contribution in [2.24, 2.45) is 5.92 Å². The lowest BCUT2D eigenvalue weighted by atomic mass is 10.1. The van der Waals surface area contributed by atoms with Gasteiger partial charge < -0.3 is 20.0 Å². The van der Waals surface area contributed by atoms with E-state index in [2.05, 4.69) is 5.32 Å². The van der Waals surface area contributed by atoms with Gasteiger partial charge in [0, 0.05) is 0 Å². The summed E-state index contributed by atoms with van der Waals surface area (Å²) in [5, 5.41) is 12.8. The Hall–Kier alpha value is -3.39. The smallest absolute Gasteiger partial charge is 0.360 e. The SMILES string of the molecule is CC(C)CN(OC(=O)C(C)O)C(=O)NC(C(=O)OCc1ccccc1)c1ccccc1. The molecule has 0 bridgehead atoms. The minimum absolute atomic E-state index is 0.0345. The van der Waals surface area contributed by atoms with Crippen LogP contribution in [-0.4, -0.2) is 40.8 Å². The van der Waals surface area contributed by atoms with E-state index in [-0.39, 0.29) is 19.1 Å². The van der Waals surface area contributed by atoms with Crippen molar-refractivity contribution in [1.29, 1.82) is 0 Å². The van der Waals surface area contributed by atoms with E-state index in [9.17, 15) is 19.5 Å². The maximum Gasteiger partial charge on any atom is 0.360 e. The molecule has 0 aliphatic heterocycles. The van der Waals surface area contributed by atoms with Crippen molar-refractivity contribution in [3.8, 4) is 0 Å². The average molecular weight is 428 g/mol. The summed E-state index contributed by atoms with van der Waals surface area (Å²) in [7, 11) is 0. The zero-order valence-electron chi connectivity index (χ0n) is 17.9. The molecule has 0 heterocycles. The van der Waals surface area contributed by atoms with Crippen LogP contribution in [0.25, 0.3) is 0 Å². The van der Waals surface area contributed by atoms with Gasteiger partial charge in [-0.15, -0.1) is 0 Å². The number of benzene rings is 2. The maximum atomic E-state index is 12.8. The standard InChI is InChI=1S/C23H28N2O6/c1-16(2)14-25(31-21(27)17(3)26)23(29)24-20(19-12-8-5-9-13-19)22(28)30-15-18-10-6-4-7-11-18/h4-13,16-17,20,26H,14-15H2,1-3H3,(H,24,29). The number of rotatable bonds is 8. The Morgan fingerprint density at radius 1 is 0.935 bits per heavy atom. The van der Waals surface area contributed by atoms with Crippen LogP contribution in [0.1, 0.15) is 37.9 Å². The number of amides is 2. The molecule has 2 atom stereocenters. The molecule has 2 aromatic rings. The molecular formula is C23H28N2O6. The van der Waals surface area contributed by atoms with Gasteiger partial charge in [0.15, 0.2) is 12.1 Å². The molecule has 0 spiro atoms. The summed E-state index contributed by atoms with van der Waals surface area (Å²) in [4.78, 5) is 42.5. The summed E-state index contributed by atoms with van der Waals surface area (Å²) < 4.78 is 5.41. The summed E-state index contributed by atoms with van der Waals surface area (Å²) in [6.07, 6.45) is -1.40. The van der Waals surface area contributed by atoms with Gasteiger partial charge in [-0.3, -0.25) is 0 Å². The molecule has 0 aromatic heterocycles. The highest BCUT2D eigenvalue weighted by Crippen LogP contribution is 2.17. The lowest BCUT2D eigenvalue weighted by Crippen LogP contribution is -2.47. The van der Waals surface area contributed by atoms with Gasteiger partial charge in [0.1, 0.15) is 6.61 Å². The highest BCUT2D eigenvalue weighted by Gasteiger charge is 2.29. The summed E-state index contributed by atoms with van der Waals surface area (Å²) >= 11 is 0. The van der Waals surface area contributed by atoms with E-state index < -0.39 is 30.1 Å². The van der Waals surface area contributed by atoms with Gasteiger partial charge in [-0.1, -0.05) is 74.5 Å². The maximum absolute atomic E-state index is 12.8. The first-order valence-electron chi connectivity index (χ1n) is 10.0. The molecule has 8 nitrogen and oxygen atoms in total. The number of ether oxygens (including phenoxy) is 1. The quantitative estimate of drug-likeness (QED) is 0.495. The van der Waals surface area contributed by atoms with Gasteiger partial charge in [0.05, 0.1) is 6.54 Å². The van der Waals surface area contributed by atoms with Gasteiger partial charge in [-0.05, 0) is 24.0 Å². The van der Waals surface area contributed by atoms with Crippen LogP contribution in [0.3, 0.4) is 0 Å². The highest BCUT2D eigenvalue weighted by atomic mass is 16.7. The molecule has 0 saturated heterocycles. The number of nitrogens with one attached hydrogen (secondary N) is 1. The Labute approximate surface area is 181 Å². The Balaban J connectivity index is 2.17. The first-order valence-corrected chi connectivity index (χ1v) is 10.0. The fraction of sp³-hybridized carbons (Fsp3) is 0.348. The molecule has 166 valence electrons. The number of nitrogens with zero attached hydrogens (tertiary/aromatic N) is 1. The van der Waals surface area contributed by atoms with Gasteiger partial charge in [0.25, 0.3) is 0 Å². The fourth-order valence-electron chi connectivity index (χ4n) is 2.61. The molecular weight excluding hydrogens is 400 g/mol. The number of aliphatic hydroxyl groups is 1.